The van der Waals surface area contributed by atoms with Gasteiger partial charge in [0.15, 0.2) is 11.5 Å². The van der Waals surface area contributed by atoms with Crippen LogP contribution in [-0.2, 0) is 6.54 Å². The summed E-state index contributed by atoms with van der Waals surface area (Å²) in [4.78, 5) is 7.05. The van der Waals surface area contributed by atoms with Crippen LogP contribution in [-0.4, -0.2) is 32.6 Å². The van der Waals surface area contributed by atoms with Crippen molar-refractivity contribution in [2.24, 2.45) is 0 Å². The second-order valence-electron chi connectivity index (χ2n) is 4.84. The Bertz CT molecular complexity index is 529. The van der Waals surface area contributed by atoms with E-state index in [1.165, 1.54) is 38.8 Å². The van der Waals surface area contributed by atoms with Gasteiger partial charge >= 0.3 is 0 Å². The van der Waals surface area contributed by atoms with Crippen molar-refractivity contribution in [1.82, 2.24) is 19.5 Å². The minimum absolute atomic E-state index is 0.869. The van der Waals surface area contributed by atoms with Crippen LogP contribution in [0.15, 0.2) is 22.8 Å². The molecule has 5 heteroatoms. The summed E-state index contributed by atoms with van der Waals surface area (Å²) >= 11 is 3.49. The molecule has 1 fully saturated rings. The summed E-state index contributed by atoms with van der Waals surface area (Å²) in [6.45, 7) is 3.22. The molecule has 4 nitrogen and oxygen atoms in total. The zero-order valence-corrected chi connectivity index (χ0v) is 11.9. The highest BCUT2D eigenvalue weighted by Gasteiger charge is 2.13. The van der Waals surface area contributed by atoms with Gasteiger partial charge in [-0.3, -0.25) is 4.90 Å². The lowest BCUT2D eigenvalue weighted by molar-refractivity contribution is 0.270. The smallest absolute Gasteiger partial charge is 0.165 e. The largest absolute Gasteiger partial charge is 0.296 e. The Hall–Kier alpha value is -0.940. The van der Waals surface area contributed by atoms with Crippen molar-refractivity contribution in [1.29, 1.82) is 0 Å². The fourth-order valence-electron chi connectivity index (χ4n) is 2.48. The normalized spacial score (nSPS) is 18.1. The number of hydrogen-bond acceptors (Lipinski definition) is 3. The topological polar surface area (TPSA) is 33.4 Å². The van der Waals surface area contributed by atoms with Gasteiger partial charge in [-0.25, -0.2) is 9.50 Å². The predicted octanol–water partition coefficient (Wildman–Crippen LogP) is 2.87. The molecule has 0 atom stereocenters. The molecule has 2 aromatic rings. The molecule has 1 saturated heterocycles. The maximum Gasteiger partial charge on any atom is 0.165 e. The van der Waals surface area contributed by atoms with Crippen molar-refractivity contribution in [2.45, 2.75) is 32.2 Å². The summed E-state index contributed by atoms with van der Waals surface area (Å²) in [7, 11) is 0. The minimum Gasteiger partial charge on any atom is -0.296 e. The first-order chi connectivity index (χ1) is 8.83. The van der Waals surface area contributed by atoms with Gasteiger partial charge in [0.2, 0.25) is 0 Å². The van der Waals surface area contributed by atoms with Gasteiger partial charge in [0.05, 0.1) is 6.54 Å². The molecule has 1 aliphatic rings. The van der Waals surface area contributed by atoms with E-state index in [1.807, 2.05) is 22.7 Å². The number of likely N-dealkylation sites (tertiary alicyclic amines) is 1. The molecule has 0 spiro atoms. The summed E-state index contributed by atoms with van der Waals surface area (Å²) in [6, 6.07) is 5.96. The maximum atomic E-state index is 4.58. The third-order valence-electron chi connectivity index (χ3n) is 3.42. The molecule has 0 amide bonds. The molecule has 0 aromatic carbocycles. The van der Waals surface area contributed by atoms with Gasteiger partial charge in [0.1, 0.15) is 4.60 Å². The molecule has 0 unspecified atom stereocenters. The minimum atomic E-state index is 0.869. The lowest BCUT2D eigenvalue weighted by Crippen LogP contribution is -2.24. The Morgan fingerprint density at radius 1 is 1.11 bits per heavy atom. The molecule has 0 N–H and O–H groups in total. The standard InChI is InChI=1S/C13H17BrN4/c14-11-6-5-7-13-15-12(16-18(11)13)10-17-8-3-1-2-4-9-17/h5-7H,1-4,8-10H2. The summed E-state index contributed by atoms with van der Waals surface area (Å²) in [6.07, 6.45) is 5.33. The van der Waals surface area contributed by atoms with E-state index in [4.69, 9.17) is 0 Å². The highest BCUT2D eigenvalue weighted by atomic mass is 79.9. The highest BCUT2D eigenvalue weighted by molar-refractivity contribution is 9.10. The van der Waals surface area contributed by atoms with Gasteiger partial charge in [-0.15, -0.1) is 5.10 Å². The number of nitrogens with zero attached hydrogens (tertiary/aromatic N) is 4. The Morgan fingerprint density at radius 2 is 1.89 bits per heavy atom. The fourth-order valence-corrected chi connectivity index (χ4v) is 2.89. The van der Waals surface area contributed by atoms with Crippen LogP contribution in [0.5, 0.6) is 0 Å². The van der Waals surface area contributed by atoms with Crippen LogP contribution in [0.4, 0.5) is 0 Å². The molecule has 0 aliphatic carbocycles. The van der Waals surface area contributed by atoms with Gasteiger partial charge in [-0.2, -0.15) is 0 Å². The van der Waals surface area contributed by atoms with E-state index < -0.39 is 0 Å². The molecular weight excluding hydrogens is 292 g/mol. The third kappa shape index (κ3) is 2.57. The van der Waals surface area contributed by atoms with Crippen LogP contribution in [0.3, 0.4) is 0 Å². The zero-order valence-electron chi connectivity index (χ0n) is 10.3. The third-order valence-corrected chi connectivity index (χ3v) is 4.02. The first-order valence-electron chi connectivity index (χ1n) is 6.55. The van der Waals surface area contributed by atoms with E-state index >= 15 is 0 Å². The first kappa shape index (κ1) is 12.1. The van der Waals surface area contributed by atoms with Crippen LogP contribution in [0.25, 0.3) is 5.65 Å². The SMILES string of the molecule is Brc1cccc2nc(CN3CCCCCC3)nn12. The molecular formula is C13H17BrN4. The van der Waals surface area contributed by atoms with Crippen molar-refractivity contribution >= 4 is 21.6 Å². The summed E-state index contributed by atoms with van der Waals surface area (Å²) in [5, 5.41) is 4.55. The number of fused-ring (bicyclic) bond motifs is 1. The molecule has 18 heavy (non-hydrogen) atoms. The Balaban J connectivity index is 1.79. The van der Waals surface area contributed by atoms with E-state index in [0.29, 0.717) is 0 Å². The Morgan fingerprint density at radius 3 is 2.61 bits per heavy atom. The van der Waals surface area contributed by atoms with Crippen molar-refractivity contribution in [3.63, 3.8) is 0 Å². The van der Waals surface area contributed by atoms with Gasteiger partial charge in [-0.05, 0) is 54.0 Å². The monoisotopic (exact) mass is 308 g/mol. The average Bonchev–Trinajstić information content (AvgIpc) is 2.60. The predicted molar refractivity (Wildman–Crippen MR) is 74.4 cm³/mol. The van der Waals surface area contributed by atoms with Gasteiger partial charge < -0.3 is 0 Å². The van der Waals surface area contributed by atoms with Crippen LogP contribution in [0, 0.1) is 0 Å². The maximum absolute atomic E-state index is 4.58. The number of rotatable bonds is 2. The second-order valence-corrected chi connectivity index (χ2v) is 5.65. The molecule has 0 saturated carbocycles. The first-order valence-corrected chi connectivity index (χ1v) is 7.35. The molecule has 96 valence electrons. The summed E-state index contributed by atoms with van der Waals surface area (Å²) in [5.74, 6) is 0.920. The van der Waals surface area contributed by atoms with Gasteiger partial charge in [0.25, 0.3) is 0 Å². The highest BCUT2D eigenvalue weighted by Crippen LogP contribution is 2.14. The van der Waals surface area contributed by atoms with E-state index in [-0.39, 0.29) is 0 Å². The van der Waals surface area contributed by atoms with E-state index in [9.17, 15) is 0 Å². The van der Waals surface area contributed by atoms with Crippen molar-refractivity contribution < 1.29 is 0 Å². The number of aromatic nitrogens is 3. The Kier molecular flexibility index (Phi) is 3.61. The molecule has 0 bridgehead atoms. The molecule has 3 heterocycles. The van der Waals surface area contributed by atoms with E-state index in [2.05, 4.69) is 30.9 Å². The lowest BCUT2D eigenvalue weighted by atomic mass is 10.2. The molecule has 2 aromatic heterocycles. The fraction of sp³-hybridized carbons (Fsp3) is 0.538. The summed E-state index contributed by atoms with van der Waals surface area (Å²) < 4.78 is 2.81. The lowest BCUT2D eigenvalue weighted by Gasteiger charge is -2.17. The number of hydrogen-bond donors (Lipinski definition) is 0. The summed E-state index contributed by atoms with van der Waals surface area (Å²) in [5.41, 5.74) is 0.911. The van der Waals surface area contributed by atoms with Crippen molar-refractivity contribution in [2.75, 3.05) is 13.1 Å². The van der Waals surface area contributed by atoms with E-state index in [0.717, 1.165) is 22.6 Å². The van der Waals surface area contributed by atoms with Crippen LogP contribution in [0.2, 0.25) is 0 Å². The Labute approximate surface area is 115 Å². The van der Waals surface area contributed by atoms with Crippen molar-refractivity contribution in [3.05, 3.63) is 28.6 Å². The molecule has 3 rings (SSSR count). The zero-order chi connectivity index (χ0) is 12.4. The number of halogens is 1. The van der Waals surface area contributed by atoms with Gasteiger partial charge in [0, 0.05) is 0 Å². The number of pyridine rings is 1. The van der Waals surface area contributed by atoms with Crippen LogP contribution < -0.4 is 0 Å². The quantitative estimate of drug-likeness (QED) is 0.800. The van der Waals surface area contributed by atoms with Crippen LogP contribution in [0.1, 0.15) is 31.5 Å². The van der Waals surface area contributed by atoms with Gasteiger partial charge in [-0.1, -0.05) is 18.9 Å². The second kappa shape index (κ2) is 5.36. The molecule has 1 aliphatic heterocycles. The average molecular weight is 309 g/mol. The van der Waals surface area contributed by atoms with Crippen molar-refractivity contribution in [3.8, 4) is 0 Å². The van der Waals surface area contributed by atoms with E-state index in [1.54, 1.807) is 0 Å². The van der Waals surface area contributed by atoms with Crippen LogP contribution >= 0.6 is 15.9 Å². The molecule has 0 radical (unpaired) electrons.